The first-order valence-electron chi connectivity index (χ1n) is 5.08. The molecule has 1 aromatic rings. The zero-order valence-electron chi connectivity index (χ0n) is 9.23. The molecule has 16 heavy (non-hydrogen) atoms. The molecule has 2 N–H and O–H groups in total. The van der Waals surface area contributed by atoms with Gasteiger partial charge in [0.15, 0.2) is 0 Å². The number of carbonyl (C=O) groups excluding carboxylic acids is 1. The Morgan fingerprint density at radius 2 is 2.00 bits per heavy atom. The highest BCUT2D eigenvalue weighted by atomic mass is 16.1. The molecule has 3 nitrogen and oxygen atoms in total. The molecule has 3 heteroatoms. The molecule has 0 unspecified atom stereocenters. The van der Waals surface area contributed by atoms with Crippen LogP contribution in [0.2, 0.25) is 0 Å². The fourth-order valence-corrected chi connectivity index (χ4v) is 1.46. The molecule has 0 saturated carbocycles. The van der Waals surface area contributed by atoms with Crippen molar-refractivity contribution in [3.05, 3.63) is 47.0 Å². The van der Waals surface area contributed by atoms with Crippen LogP contribution in [0.1, 0.15) is 18.9 Å². The van der Waals surface area contributed by atoms with Crippen LogP contribution in [0.5, 0.6) is 0 Å². The molecule has 0 aliphatic heterocycles. The minimum Gasteiger partial charge on any atom is -0.365 e. The number of nitrogens with zero attached hydrogens (tertiary/aromatic N) is 1. The Bertz CT molecular complexity index is 441. The van der Waals surface area contributed by atoms with Gasteiger partial charge in [-0.1, -0.05) is 30.3 Å². The average molecular weight is 214 g/mol. The molecule has 1 aromatic carbocycles. The lowest BCUT2D eigenvalue weighted by atomic mass is 10.0. The molecule has 0 radical (unpaired) electrons. The Kier molecular flexibility index (Phi) is 4.28. The zero-order chi connectivity index (χ0) is 12.0. The van der Waals surface area contributed by atoms with Crippen molar-refractivity contribution in [2.24, 2.45) is 5.73 Å². The van der Waals surface area contributed by atoms with Crippen molar-refractivity contribution in [2.45, 2.75) is 19.8 Å². The van der Waals surface area contributed by atoms with Gasteiger partial charge in [-0.3, -0.25) is 4.79 Å². The Morgan fingerprint density at radius 1 is 1.38 bits per heavy atom. The van der Waals surface area contributed by atoms with Crippen LogP contribution >= 0.6 is 0 Å². The van der Waals surface area contributed by atoms with Crippen molar-refractivity contribution in [1.29, 1.82) is 5.26 Å². The van der Waals surface area contributed by atoms with Crippen LogP contribution in [-0.2, 0) is 11.2 Å². The molecule has 0 saturated heterocycles. The van der Waals surface area contributed by atoms with Crippen LogP contribution in [-0.4, -0.2) is 5.91 Å². The Hall–Kier alpha value is -2.08. The number of nitrogens with two attached hydrogens (primary N) is 1. The van der Waals surface area contributed by atoms with E-state index < -0.39 is 5.91 Å². The third kappa shape index (κ3) is 3.25. The summed E-state index contributed by atoms with van der Waals surface area (Å²) in [5.74, 6) is -0.645. The van der Waals surface area contributed by atoms with E-state index in [-0.39, 0.29) is 5.57 Å². The Balaban J connectivity index is 2.69. The molecule has 0 aliphatic carbocycles. The molecule has 0 aliphatic rings. The van der Waals surface area contributed by atoms with Crippen LogP contribution in [0.4, 0.5) is 0 Å². The highest BCUT2D eigenvalue weighted by molar-refractivity contribution is 5.96. The van der Waals surface area contributed by atoms with Crippen molar-refractivity contribution in [1.82, 2.24) is 0 Å². The second-order valence-electron chi connectivity index (χ2n) is 3.62. The number of hydrogen-bond acceptors (Lipinski definition) is 2. The average Bonchev–Trinajstić information content (AvgIpc) is 2.28. The van der Waals surface area contributed by atoms with E-state index in [9.17, 15) is 4.79 Å². The quantitative estimate of drug-likeness (QED) is 0.614. The lowest BCUT2D eigenvalue weighted by Crippen LogP contribution is -2.14. The summed E-state index contributed by atoms with van der Waals surface area (Å²) in [4.78, 5) is 10.9. The van der Waals surface area contributed by atoms with E-state index in [0.29, 0.717) is 6.42 Å². The van der Waals surface area contributed by atoms with Crippen LogP contribution in [0.3, 0.4) is 0 Å². The Morgan fingerprint density at radius 3 is 2.50 bits per heavy atom. The predicted molar refractivity (Wildman–Crippen MR) is 62.3 cm³/mol. The summed E-state index contributed by atoms with van der Waals surface area (Å²) in [7, 11) is 0. The largest absolute Gasteiger partial charge is 0.365 e. The number of carbonyl (C=O) groups is 1. The van der Waals surface area contributed by atoms with E-state index in [1.165, 1.54) is 5.56 Å². The maximum Gasteiger partial charge on any atom is 0.259 e. The van der Waals surface area contributed by atoms with Crippen molar-refractivity contribution in [3.63, 3.8) is 0 Å². The molecule has 82 valence electrons. The van der Waals surface area contributed by atoms with Crippen LogP contribution in [0, 0.1) is 11.3 Å². The molecule has 0 heterocycles. The molecule has 0 bridgehead atoms. The van der Waals surface area contributed by atoms with Gasteiger partial charge in [-0.25, -0.2) is 0 Å². The van der Waals surface area contributed by atoms with E-state index in [1.807, 2.05) is 36.4 Å². The van der Waals surface area contributed by atoms with Gasteiger partial charge in [-0.05, 0) is 30.9 Å². The minimum atomic E-state index is -0.645. The maximum atomic E-state index is 10.9. The lowest BCUT2D eigenvalue weighted by Gasteiger charge is -2.03. The maximum absolute atomic E-state index is 10.9. The number of allylic oxidation sites excluding steroid dienone is 1. The van der Waals surface area contributed by atoms with Crippen molar-refractivity contribution < 1.29 is 4.79 Å². The summed E-state index contributed by atoms with van der Waals surface area (Å²) in [6.07, 6.45) is 1.49. The minimum absolute atomic E-state index is 0.0796. The van der Waals surface area contributed by atoms with Gasteiger partial charge in [0.05, 0.1) is 0 Å². The fourth-order valence-electron chi connectivity index (χ4n) is 1.46. The summed E-state index contributed by atoms with van der Waals surface area (Å²) in [5.41, 5.74) is 7.11. The zero-order valence-corrected chi connectivity index (χ0v) is 9.23. The summed E-state index contributed by atoms with van der Waals surface area (Å²) in [6, 6.07) is 11.8. The highest BCUT2D eigenvalue weighted by Gasteiger charge is 2.07. The molecule has 0 fully saturated rings. The number of rotatable bonds is 4. The van der Waals surface area contributed by atoms with Gasteiger partial charge in [0.1, 0.15) is 11.6 Å². The van der Waals surface area contributed by atoms with E-state index in [1.54, 1.807) is 6.92 Å². The van der Waals surface area contributed by atoms with Gasteiger partial charge in [-0.2, -0.15) is 5.26 Å². The predicted octanol–water partition coefficient (Wildman–Crippen LogP) is 1.94. The van der Waals surface area contributed by atoms with E-state index >= 15 is 0 Å². The van der Waals surface area contributed by atoms with E-state index in [2.05, 4.69) is 0 Å². The van der Waals surface area contributed by atoms with Gasteiger partial charge in [0.2, 0.25) is 0 Å². The number of amides is 1. The van der Waals surface area contributed by atoms with Crippen molar-refractivity contribution >= 4 is 5.91 Å². The van der Waals surface area contributed by atoms with Gasteiger partial charge < -0.3 is 5.73 Å². The first-order valence-corrected chi connectivity index (χ1v) is 5.08. The van der Waals surface area contributed by atoms with Gasteiger partial charge >= 0.3 is 0 Å². The molecule has 0 aromatic heterocycles. The molecule has 1 rings (SSSR count). The smallest absolute Gasteiger partial charge is 0.259 e. The first kappa shape index (κ1) is 12.0. The van der Waals surface area contributed by atoms with Crippen molar-refractivity contribution in [2.75, 3.05) is 0 Å². The highest BCUT2D eigenvalue weighted by Crippen LogP contribution is 2.12. The second-order valence-corrected chi connectivity index (χ2v) is 3.62. The third-order valence-corrected chi connectivity index (χ3v) is 2.42. The van der Waals surface area contributed by atoms with E-state index in [4.69, 9.17) is 11.0 Å². The number of nitriles is 1. The standard InChI is InChI=1S/C13H14N2O/c1-10(12(9-14)13(15)16)7-8-11-5-3-2-4-6-11/h2-6H,7-8H2,1H3,(H2,15,16)/b12-10+. The molecular weight excluding hydrogens is 200 g/mol. The summed E-state index contributed by atoms with van der Waals surface area (Å²) < 4.78 is 0. The van der Waals surface area contributed by atoms with Crippen molar-refractivity contribution in [3.8, 4) is 6.07 Å². The number of benzene rings is 1. The first-order chi connectivity index (χ1) is 7.65. The number of aryl methyl sites for hydroxylation is 1. The van der Waals surface area contributed by atoms with Gasteiger partial charge in [0.25, 0.3) is 5.91 Å². The topological polar surface area (TPSA) is 66.9 Å². The molecule has 0 spiro atoms. The fraction of sp³-hybridized carbons (Fsp3) is 0.231. The normalized spacial score (nSPS) is 11.5. The second kappa shape index (κ2) is 5.72. The number of hydrogen-bond donors (Lipinski definition) is 1. The Labute approximate surface area is 95.2 Å². The van der Waals surface area contributed by atoms with Crippen LogP contribution in [0.15, 0.2) is 41.5 Å². The molecule has 0 atom stereocenters. The monoisotopic (exact) mass is 214 g/mol. The van der Waals surface area contributed by atoms with Crippen LogP contribution in [0.25, 0.3) is 0 Å². The van der Waals surface area contributed by atoms with E-state index in [0.717, 1.165) is 12.0 Å². The summed E-state index contributed by atoms with van der Waals surface area (Å²) >= 11 is 0. The summed E-state index contributed by atoms with van der Waals surface area (Å²) in [5, 5.41) is 8.76. The SMILES string of the molecule is C/C(CCc1ccccc1)=C(/C#N)C(N)=O. The lowest BCUT2D eigenvalue weighted by molar-refractivity contribution is -0.114. The summed E-state index contributed by atoms with van der Waals surface area (Å²) in [6.45, 7) is 1.77. The van der Waals surface area contributed by atoms with Crippen LogP contribution < -0.4 is 5.73 Å². The molecule has 1 amide bonds. The molecular formula is C13H14N2O. The van der Waals surface area contributed by atoms with Gasteiger partial charge in [0, 0.05) is 0 Å². The number of primary amides is 1. The van der Waals surface area contributed by atoms with Gasteiger partial charge in [-0.15, -0.1) is 0 Å². The third-order valence-electron chi connectivity index (χ3n) is 2.42.